The Morgan fingerprint density at radius 3 is 2.16 bits per heavy atom. The second-order valence-electron chi connectivity index (χ2n) is 14.9. The molecule has 3 aromatic heterocycles. The SMILES string of the molecule is COC(=O)N[C@H](C(=O)N1CCCC1c1nc(-c2ccc(-c3ncc(-c4cnc([C@@H]5CCCN5C[C@@H](NC(=O)O)C(C)C)[nH]4)cn3)cc2)c(C(F)(F)F)[nH]1)C(C)C. The zero-order valence-corrected chi connectivity index (χ0v) is 31.9. The molecule has 1 aromatic carbocycles. The summed E-state index contributed by atoms with van der Waals surface area (Å²) in [6, 6.07) is 4.42. The fraction of sp³-hybridized carbons (Fsp3) is 0.500. The first-order chi connectivity index (χ1) is 26.6. The van der Waals surface area contributed by atoms with Crippen LogP contribution in [0.3, 0.4) is 0 Å². The number of carbonyl (C=O) groups excluding carboxylic acids is 2. The normalized spacial score (nSPS) is 18.7. The number of aromatic amines is 2. The molecule has 0 aliphatic carbocycles. The van der Waals surface area contributed by atoms with Gasteiger partial charge in [0.15, 0.2) is 5.82 Å². The highest BCUT2D eigenvalue weighted by Gasteiger charge is 2.42. The number of aromatic nitrogens is 6. The zero-order valence-electron chi connectivity index (χ0n) is 31.9. The van der Waals surface area contributed by atoms with Gasteiger partial charge in [0.2, 0.25) is 5.91 Å². The van der Waals surface area contributed by atoms with E-state index < -0.39 is 42.0 Å². The van der Waals surface area contributed by atoms with Gasteiger partial charge < -0.3 is 35.3 Å². The minimum atomic E-state index is -4.75. The van der Waals surface area contributed by atoms with Crippen molar-refractivity contribution in [1.82, 2.24) is 50.3 Å². The Balaban J connectivity index is 1.17. The second kappa shape index (κ2) is 16.7. The average Bonchev–Trinajstić information content (AvgIpc) is 3.99. The second-order valence-corrected chi connectivity index (χ2v) is 14.9. The topological polar surface area (TPSA) is 194 Å². The Morgan fingerprint density at radius 1 is 0.875 bits per heavy atom. The maximum absolute atomic E-state index is 14.4. The summed E-state index contributed by atoms with van der Waals surface area (Å²) >= 11 is 0. The third-order valence-electron chi connectivity index (χ3n) is 10.4. The monoisotopic (exact) mass is 780 g/mol. The molecule has 2 aliphatic heterocycles. The first kappa shape index (κ1) is 40.2. The number of methoxy groups -OCH3 is 1. The van der Waals surface area contributed by atoms with Crippen molar-refractivity contribution >= 4 is 18.1 Å². The van der Waals surface area contributed by atoms with Crippen LogP contribution in [0.5, 0.6) is 0 Å². The number of H-pyrrole nitrogens is 2. The van der Waals surface area contributed by atoms with Gasteiger partial charge in [-0.1, -0.05) is 52.0 Å². The molecule has 2 saturated heterocycles. The molecule has 5 heterocycles. The molecule has 0 radical (unpaired) electrons. The first-order valence-corrected chi connectivity index (χ1v) is 18.7. The number of amides is 3. The number of carbonyl (C=O) groups is 3. The van der Waals surface area contributed by atoms with Crippen LogP contribution in [0, 0.1) is 11.8 Å². The summed E-state index contributed by atoms with van der Waals surface area (Å²) in [5.41, 5.74) is 0.889. The largest absolute Gasteiger partial charge is 0.465 e. The summed E-state index contributed by atoms with van der Waals surface area (Å²) in [6.45, 7) is 9.19. The standard InChI is InChI=1S/C38H47F3N10O5/c1-20(2)26(46-36(53)54)19-50-14-6-8-27(50)33-44-18-25(45-33)24-16-42-32(43-17-24)23-12-10-22(11-13-23)30-31(38(39,40)41)49-34(47-30)28-9-7-15-51(28)35(52)29(21(3)4)48-37(55)56-5/h10-13,16-18,20-21,26-29,46H,6-9,14-15,19H2,1-5H3,(H,44,45)(H,47,49)(H,48,55)(H,53,54)/t26-,27+,28?,29+/m1/s1. The summed E-state index contributed by atoms with van der Waals surface area (Å²) in [5, 5.41) is 14.5. The number of alkyl carbamates (subject to hydrolysis) is 1. The van der Waals surface area contributed by atoms with Crippen LogP contribution in [0.1, 0.15) is 82.8 Å². The zero-order chi connectivity index (χ0) is 40.3. The van der Waals surface area contributed by atoms with Crippen LogP contribution < -0.4 is 10.6 Å². The van der Waals surface area contributed by atoms with Crippen molar-refractivity contribution in [2.75, 3.05) is 26.7 Å². The summed E-state index contributed by atoms with van der Waals surface area (Å²) < 4.78 is 47.8. The number of likely N-dealkylation sites (tertiary alicyclic amines) is 2. The van der Waals surface area contributed by atoms with Crippen molar-refractivity contribution in [3.63, 3.8) is 0 Å². The molecule has 0 spiro atoms. The lowest BCUT2D eigenvalue weighted by atomic mass is 10.0. The number of ether oxygens (including phenoxy) is 1. The fourth-order valence-corrected chi connectivity index (χ4v) is 7.39. The van der Waals surface area contributed by atoms with Crippen LogP contribution >= 0.6 is 0 Å². The lowest BCUT2D eigenvalue weighted by Crippen LogP contribution is -2.51. The van der Waals surface area contributed by atoms with Gasteiger partial charge in [0.05, 0.1) is 31.1 Å². The van der Waals surface area contributed by atoms with Crippen molar-refractivity contribution in [3.8, 4) is 33.9 Å². The van der Waals surface area contributed by atoms with Crippen molar-refractivity contribution in [2.45, 2.75) is 83.7 Å². The molecular weight excluding hydrogens is 733 g/mol. The van der Waals surface area contributed by atoms with E-state index in [9.17, 15) is 32.7 Å². The first-order valence-electron chi connectivity index (χ1n) is 18.7. The molecule has 0 bridgehead atoms. The highest BCUT2D eigenvalue weighted by Crippen LogP contribution is 2.40. The molecule has 1 unspecified atom stereocenters. The van der Waals surface area contributed by atoms with Gasteiger partial charge >= 0.3 is 18.4 Å². The van der Waals surface area contributed by atoms with Gasteiger partial charge in [-0.2, -0.15) is 13.2 Å². The van der Waals surface area contributed by atoms with Crippen LogP contribution in [-0.4, -0.2) is 102 Å². The molecule has 4 atom stereocenters. The molecular formula is C38H47F3N10O5. The molecule has 15 nitrogen and oxygen atoms in total. The van der Waals surface area contributed by atoms with Crippen molar-refractivity contribution in [1.29, 1.82) is 0 Å². The minimum absolute atomic E-state index is 0.00918. The van der Waals surface area contributed by atoms with Crippen LogP contribution in [0.2, 0.25) is 0 Å². The summed E-state index contributed by atoms with van der Waals surface area (Å²) in [7, 11) is 1.19. The molecule has 0 saturated carbocycles. The Morgan fingerprint density at radius 2 is 1.54 bits per heavy atom. The molecule has 4 aromatic rings. The van der Waals surface area contributed by atoms with Gasteiger partial charge in [-0.05, 0) is 44.1 Å². The maximum atomic E-state index is 14.4. The molecule has 2 fully saturated rings. The van der Waals surface area contributed by atoms with Crippen molar-refractivity contribution < 1.29 is 37.4 Å². The smallest absolute Gasteiger partial charge is 0.433 e. The van der Waals surface area contributed by atoms with E-state index in [2.05, 4.69) is 50.2 Å². The highest BCUT2D eigenvalue weighted by atomic mass is 19.4. The number of hydrogen-bond acceptors (Lipinski definition) is 9. The molecule has 56 heavy (non-hydrogen) atoms. The van der Waals surface area contributed by atoms with Gasteiger partial charge in [-0.15, -0.1) is 0 Å². The Hall–Kier alpha value is -5.52. The van der Waals surface area contributed by atoms with E-state index in [4.69, 9.17) is 0 Å². The van der Waals surface area contributed by atoms with Crippen LogP contribution in [0.25, 0.3) is 33.9 Å². The Kier molecular flexibility index (Phi) is 12.0. The summed E-state index contributed by atoms with van der Waals surface area (Å²) in [4.78, 5) is 64.5. The highest BCUT2D eigenvalue weighted by molar-refractivity contribution is 5.86. The average molecular weight is 781 g/mol. The summed E-state index contributed by atoms with van der Waals surface area (Å²) in [6.07, 6.45) is 1.23. The van der Waals surface area contributed by atoms with Crippen LogP contribution in [0.15, 0.2) is 42.9 Å². The number of hydrogen-bond donors (Lipinski definition) is 5. The lowest BCUT2D eigenvalue weighted by Gasteiger charge is -2.30. The number of nitrogens with zero attached hydrogens (tertiary/aromatic N) is 6. The van der Waals surface area contributed by atoms with Gasteiger partial charge in [-0.3, -0.25) is 9.69 Å². The van der Waals surface area contributed by atoms with Crippen molar-refractivity contribution in [2.24, 2.45) is 11.8 Å². The molecule has 18 heteroatoms. The van der Waals surface area contributed by atoms with Gasteiger partial charge in [0, 0.05) is 48.2 Å². The summed E-state index contributed by atoms with van der Waals surface area (Å²) in [5.74, 6) is 0.553. The molecule has 3 amide bonds. The Bertz CT molecular complexity index is 2000. The Labute approximate surface area is 321 Å². The number of rotatable bonds is 12. The number of alkyl halides is 3. The van der Waals surface area contributed by atoms with E-state index in [1.54, 1.807) is 44.6 Å². The lowest BCUT2D eigenvalue weighted by molar-refractivity contribution is -0.140. The van der Waals surface area contributed by atoms with E-state index >= 15 is 0 Å². The number of nitrogens with one attached hydrogen (secondary N) is 4. The molecule has 300 valence electrons. The predicted molar refractivity (Wildman–Crippen MR) is 199 cm³/mol. The maximum Gasteiger partial charge on any atom is 0.433 e. The molecule has 5 N–H and O–H groups in total. The fourth-order valence-electron chi connectivity index (χ4n) is 7.39. The van der Waals surface area contributed by atoms with E-state index in [1.807, 2.05) is 13.8 Å². The van der Waals surface area contributed by atoms with E-state index in [0.29, 0.717) is 48.6 Å². The number of imidazole rings is 2. The predicted octanol–water partition coefficient (Wildman–Crippen LogP) is 6.42. The number of carboxylic acid groups (broad SMARTS) is 1. The molecule has 2 aliphatic rings. The van der Waals surface area contributed by atoms with Crippen molar-refractivity contribution in [3.05, 3.63) is 60.2 Å². The van der Waals surface area contributed by atoms with E-state index in [-0.39, 0.29) is 41.0 Å². The minimum Gasteiger partial charge on any atom is -0.465 e. The quantitative estimate of drug-likeness (QED) is 0.107. The molecule has 6 rings (SSSR count). The van der Waals surface area contributed by atoms with Crippen LogP contribution in [-0.2, 0) is 15.7 Å². The van der Waals surface area contributed by atoms with Gasteiger partial charge in [0.1, 0.15) is 29.1 Å². The number of benzene rings is 1. The third-order valence-corrected chi connectivity index (χ3v) is 10.4. The van der Waals surface area contributed by atoms with Crippen LogP contribution in [0.4, 0.5) is 22.8 Å². The van der Waals surface area contributed by atoms with Gasteiger partial charge in [0.25, 0.3) is 0 Å². The third kappa shape index (κ3) is 8.79. The number of halogens is 3. The van der Waals surface area contributed by atoms with E-state index in [0.717, 1.165) is 25.2 Å². The van der Waals surface area contributed by atoms with Gasteiger partial charge in [-0.25, -0.2) is 29.5 Å². The van der Waals surface area contributed by atoms with E-state index in [1.165, 1.54) is 24.1 Å².